The van der Waals surface area contributed by atoms with Crippen LogP contribution in [0.3, 0.4) is 0 Å². The van der Waals surface area contributed by atoms with E-state index in [0.717, 1.165) is 12.0 Å². The van der Waals surface area contributed by atoms with Crippen LogP contribution in [-0.4, -0.2) is 47.1 Å². The van der Waals surface area contributed by atoms with Gasteiger partial charge in [0.15, 0.2) is 0 Å². The van der Waals surface area contributed by atoms with E-state index in [1.165, 1.54) is 18.4 Å². The minimum atomic E-state index is -0.0850. The number of hydrogen-bond donors (Lipinski definition) is 0. The second-order valence-corrected chi connectivity index (χ2v) is 5.44. The normalized spacial score (nSPS) is 17.8. The molecule has 1 aliphatic rings. The van der Waals surface area contributed by atoms with Crippen molar-refractivity contribution in [3.8, 4) is 11.8 Å². The highest BCUT2D eigenvalue weighted by Gasteiger charge is 2.29. The monoisotopic (exact) mass is 305 g/mol. The van der Waals surface area contributed by atoms with Crippen molar-refractivity contribution in [2.75, 3.05) is 20.2 Å². The van der Waals surface area contributed by atoms with Crippen molar-refractivity contribution in [3.63, 3.8) is 0 Å². The van der Waals surface area contributed by atoms with Crippen molar-refractivity contribution in [2.45, 2.75) is 12.5 Å². The summed E-state index contributed by atoms with van der Waals surface area (Å²) in [6, 6.07) is 1.84. The second kappa shape index (κ2) is 6.09. The van der Waals surface area contributed by atoms with Crippen molar-refractivity contribution in [2.24, 2.45) is 0 Å². The zero-order valence-electron chi connectivity index (χ0n) is 11.6. The molecule has 1 aliphatic heterocycles. The molecule has 0 aromatic carbocycles. The summed E-state index contributed by atoms with van der Waals surface area (Å²) in [4.78, 5) is 22.2. The Balaban J connectivity index is 1.63. The largest absolute Gasteiger partial charge is 0.477 e. The number of amides is 1. The van der Waals surface area contributed by atoms with E-state index in [-0.39, 0.29) is 12.0 Å². The fourth-order valence-corrected chi connectivity index (χ4v) is 2.90. The molecule has 1 fully saturated rings. The number of aromatic nitrogens is 2. The Morgan fingerprint density at radius 3 is 2.90 bits per heavy atom. The topological polar surface area (TPSA) is 64.6 Å². The molecule has 1 saturated heterocycles. The Labute approximate surface area is 126 Å². The van der Waals surface area contributed by atoms with Gasteiger partial charge in [0, 0.05) is 30.7 Å². The molecule has 2 aromatic heterocycles. The van der Waals surface area contributed by atoms with E-state index in [2.05, 4.69) is 9.97 Å². The van der Waals surface area contributed by atoms with Crippen molar-refractivity contribution in [1.29, 1.82) is 0 Å². The van der Waals surface area contributed by atoms with Gasteiger partial charge in [-0.15, -0.1) is 0 Å². The zero-order chi connectivity index (χ0) is 14.7. The van der Waals surface area contributed by atoms with Gasteiger partial charge in [0.1, 0.15) is 6.10 Å². The molecule has 0 bridgehead atoms. The van der Waals surface area contributed by atoms with Gasteiger partial charge in [0.2, 0.25) is 0 Å². The summed E-state index contributed by atoms with van der Waals surface area (Å²) in [6.45, 7) is 1.23. The number of hydrogen-bond acceptors (Lipinski definition) is 6. The third kappa shape index (κ3) is 2.97. The van der Waals surface area contributed by atoms with Crippen LogP contribution in [0, 0.1) is 0 Å². The Hall–Kier alpha value is -2.15. The first-order chi connectivity index (χ1) is 10.3. The number of methoxy groups -OCH3 is 1. The summed E-state index contributed by atoms with van der Waals surface area (Å²) in [7, 11) is 1.53. The predicted molar refractivity (Wildman–Crippen MR) is 77.8 cm³/mol. The van der Waals surface area contributed by atoms with Gasteiger partial charge < -0.3 is 14.4 Å². The van der Waals surface area contributed by atoms with Crippen LogP contribution >= 0.6 is 11.3 Å². The fourth-order valence-electron chi connectivity index (χ4n) is 2.27. The first-order valence-corrected chi connectivity index (χ1v) is 7.55. The van der Waals surface area contributed by atoms with Gasteiger partial charge in [-0.3, -0.25) is 4.79 Å². The number of likely N-dealkylation sites (tertiary alicyclic amines) is 1. The molecule has 1 atom stereocenters. The van der Waals surface area contributed by atoms with Crippen LogP contribution in [0.4, 0.5) is 0 Å². The van der Waals surface area contributed by atoms with Crippen LogP contribution in [0.1, 0.15) is 16.8 Å². The average Bonchev–Trinajstić information content (AvgIpc) is 3.19. The van der Waals surface area contributed by atoms with Crippen LogP contribution in [0.25, 0.3) is 0 Å². The van der Waals surface area contributed by atoms with Crippen LogP contribution in [-0.2, 0) is 0 Å². The molecular formula is C14H15N3O3S. The molecule has 21 heavy (non-hydrogen) atoms. The summed E-state index contributed by atoms with van der Waals surface area (Å²) in [5, 5.41) is 3.77. The first kappa shape index (κ1) is 13.8. The SMILES string of the molecule is COc1nccnc1O[C@H]1CCN(C(=O)c2ccsc2)C1. The molecular weight excluding hydrogens is 290 g/mol. The van der Waals surface area contributed by atoms with Gasteiger partial charge in [0.25, 0.3) is 17.7 Å². The van der Waals surface area contributed by atoms with Crippen LogP contribution in [0.5, 0.6) is 11.8 Å². The van der Waals surface area contributed by atoms with E-state index in [4.69, 9.17) is 9.47 Å². The quantitative estimate of drug-likeness (QED) is 0.862. The second-order valence-electron chi connectivity index (χ2n) is 4.66. The maximum absolute atomic E-state index is 12.3. The molecule has 0 saturated carbocycles. The van der Waals surface area contributed by atoms with Crippen LogP contribution < -0.4 is 9.47 Å². The van der Waals surface area contributed by atoms with Crippen molar-refractivity contribution < 1.29 is 14.3 Å². The maximum atomic E-state index is 12.3. The Bertz CT molecular complexity index is 618. The highest BCUT2D eigenvalue weighted by atomic mass is 32.1. The molecule has 0 aliphatic carbocycles. The van der Waals surface area contributed by atoms with E-state index < -0.39 is 0 Å². The lowest BCUT2D eigenvalue weighted by Gasteiger charge is -2.16. The number of carbonyl (C=O) groups excluding carboxylic acids is 1. The molecule has 0 N–H and O–H groups in total. The van der Waals surface area contributed by atoms with Gasteiger partial charge in [-0.25, -0.2) is 9.97 Å². The van der Waals surface area contributed by atoms with Gasteiger partial charge in [-0.2, -0.15) is 11.3 Å². The number of nitrogens with zero attached hydrogens (tertiary/aromatic N) is 3. The molecule has 0 unspecified atom stereocenters. The smallest absolute Gasteiger partial charge is 0.278 e. The molecule has 6 nitrogen and oxygen atoms in total. The van der Waals surface area contributed by atoms with Gasteiger partial charge in [-0.1, -0.05) is 0 Å². The fraction of sp³-hybridized carbons (Fsp3) is 0.357. The van der Waals surface area contributed by atoms with Crippen molar-refractivity contribution in [3.05, 3.63) is 34.8 Å². The zero-order valence-corrected chi connectivity index (χ0v) is 12.4. The Morgan fingerprint density at radius 1 is 1.38 bits per heavy atom. The highest BCUT2D eigenvalue weighted by Crippen LogP contribution is 2.24. The molecule has 3 heterocycles. The van der Waals surface area contributed by atoms with Crippen molar-refractivity contribution >= 4 is 17.2 Å². The molecule has 0 radical (unpaired) electrons. The van der Waals surface area contributed by atoms with E-state index in [1.54, 1.807) is 17.3 Å². The predicted octanol–water partition coefficient (Wildman–Crippen LogP) is 1.84. The van der Waals surface area contributed by atoms with E-state index >= 15 is 0 Å². The third-order valence-electron chi connectivity index (χ3n) is 3.31. The summed E-state index contributed by atoms with van der Waals surface area (Å²) < 4.78 is 10.9. The Kier molecular flexibility index (Phi) is 4.01. The Morgan fingerprint density at radius 2 is 2.19 bits per heavy atom. The standard InChI is InChI=1S/C14H15N3O3S/c1-19-12-13(16-5-4-15-12)20-11-2-6-17(8-11)14(18)10-3-7-21-9-10/h3-5,7,9,11H,2,6,8H2,1H3/t11-/m0/s1. The molecule has 3 rings (SSSR count). The van der Waals surface area contributed by atoms with Gasteiger partial charge >= 0.3 is 0 Å². The molecule has 7 heteroatoms. The van der Waals surface area contributed by atoms with E-state index in [9.17, 15) is 4.79 Å². The molecule has 0 spiro atoms. The number of ether oxygens (including phenoxy) is 2. The number of rotatable bonds is 4. The first-order valence-electron chi connectivity index (χ1n) is 6.61. The minimum absolute atomic E-state index is 0.0495. The lowest BCUT2D eigenvalue weighted by atomic mass is 10.3. The van der Waals surface area contributed by atoms with Crippen LogP contribution in [0.2, 0.25) is 0 Å². The van der Waals surface area contributed by atoms with Gasteiger partial charge in [-0.05, 0) is 11.4 Å². The summed E-state index contributed by atoms with van der Waals surface area (Å²) in [5.74, 6) is 0.781. The van der Waals surface area contributed by atoms with Crippen molar-refractivity contribution in [1.82, 2.24) is 14.9 Å². The highest BCUT2D eigenvalue weighted by molar-refractivity contribution is 7.08. The summed E-state index contributed by atoms with van der Waals surface area (Å²) in [6.07, 6.45) is 3.79. The lowest BCUT2D eigenvalue weighted by Crippen LogP contribution is -2.30. The number of carbonyl (C=O) groups is 1. The maximum Gasteiger partial charge on any atom is 0.278 e. The molecule has 2 aromatic rings. The summed E-state index contributed by atoms with van der Waals surface area (Å²) >= 11 is 1.52. The van der Waals surface area contributed by atoms with E-state index in [1.807, 2.05) is 16.8 Å². The lowest BCUT2D eigenvalue weighted by molar-refractivity contribution is 0.0770. The third-order valence-corrected chi connectivity index (χ3v) is 3.99. The van der Waals surface area contributed by atoms with Gasteiger partial charge in [0.05, 0.1) is 19.2 Å². The minimum Gasteiger partial charge on any atom is -0.477 e. The molecule has 110 valence electrons. The molecule has 1 amide bonds. The summed E-state index contributed by atoms with van der Waals surface area (Å²) in [5.41, 5.74) is 0.734. The average molecular weight is 305 g/mol. The number of thiophene rings is 1. The van der Waals surface area contributed by atoms with E-state index in [0.29, 0.717) is 24.8 Å². The van der Waals surface area contributed by atoms with Crippen LogP contribution in [0.15, 0.2) is 29.2 Å².